The second-order valence-electron chi connectivity index (χ2n) is 5.10. The zero-order chi connectivity index (χ0) is 16.2. The van der Waals surface area contributed by atoms with E-state index in [4.69, 9.17) is 4.74 Å². The zero-order valence-corrected chi connectivity index (χ0v) is 11.7. The van der Waals surface area contributed by atoms with Crippen LogP contribution in [0.5, 0.6) is 0 Å². The summed E-state index contributed by atoms with van der Waals surface area (Å²) in [6, 6.07) is 2.57. The van der Waals surface area contributed by atoms with Gasteiger partial charge in [-0.3, -0.25) is 9.59 Å². The predicted molar refractivity (Wildman–Crippen MR) is 73.0 cm³/mol. The smallest absolute Gasteiger partial charge is 0.313 e. The van der Waals surface area contributed by atoms with Gasteiger partial charge in [-0.05, 0) is 12.1 Å². The van der Waals surface area contributed by atoms with Gasteiger partial charge in [0.15, 0.2) is 0 Å². The van der Waals surface area contributed by atoms with Gasteiger partial charge in [0, 0.05) is 38.7 Å². The highest BCUT2D eigenvalue weighted by molar-refractivity contribution is 6.39. The molecule has 8 heteroatoms. The highest BCUT2D eigenvalue weighted by Crippen LogP contribution is 2.19. The normalized spacial score (nSPS) is 16.9. The first kappa shape index (κ1) is 16.3. The zero-order valence-electron chi connectivity index (χ0n) is 11.7. The van der Waals surface area contributed by atoms with Gasteiger partial charge in [-0.1, -0.05) is 0 Å². The fourth-order valence-electron chi connectivity index (χ4n) is 2.02. The van der Waals surface area contributed by atoms with Crippen molar-refractivity contribution in [3.63, 3.8) is 0 Å². The molecule has 1 heterocycles. The maximum atomic E-state index is 13.4. The Kier molecular flexibility index (Phi) is 5.04. The Morgan fingerprint density at radius 1 is 1.23 bits per heavy atom. The molecule has 0 aromatic heterocycles. The van der Waals surface area contributed by atoms with Crippen LogP contribution in [0.2, 0.25) is 0 Å². The van der Waals surface area contributed by atoms with Crippen molar-refractivity contribution in [2.24, 2.45) is 0 Å². The molecule has 3 N–H and O–H groups in total. The SMILES string of the molecule is O=C(NCC1(O)CCOCC1)C(=O)Nc1ccc(F)cc1F. The summed E-state index contributed by atoms with van der Waals surface area (Å²) in [4.78, 5) is 23.3. The Balaban J connectivity index is 1.88. The van der Waals surface area contributed by atoms with Crippen molar-refractivity contribution in [3.8, 4) is 0 Å². The molecule has 0 spiro atoms. The highest BCUT2D eigenvalue weighted by Gasteiger charge is 2.31. The minimum Gasteiger partial charge on any atom is -0.388 e. The molecule has 120 valence electrons. The van der Waals surface area contributed by atoms with Gasteiger partial charge in [0.1, 0.15) is 11.6 Å². The molecule has 0 saturated carbocycles. The molecule has 1 aliphatic heterocycles. The van der Waals surface area contributed by atoms with E-state index >= 15 is 0 Å². The van der Waals surface area contributed by atoms with E-state index in [1.807, 2.05) is 5.32 Å². The summed E-state index contributed by atoms with van der Waals surface area (Å²) in [5, 5.41) is 14.5. The van der Waals surface area contributed by atoms with E-state index < -0.39 is 29.0 Å². The lowest BCUT2D eigenvalue weighted by atomic mass is 9.94. The Morgan fingerprint density at radius 3 is 2.55 bits per heavy atom. The number of amides is 2. The summed E-state index contributed by atoms with van der Waals surface area (Å²) in [6.45, 7) is 0.646. The Hall–Kier alpha value is -2.06. The third-order valence-electron chi connectivity index (χ3n) is 3.39. The monoisotopic (exact) mass is 314 g/mol. The second kappa shape index (κ2) is 6.80. The predicted octanol–water partition coefficient (Wildman–Crippen LogP) is 0.561. The minimum atomic E-state index is -1.12. The number of rotatable bonds is 3. The van der Waals surface area contributed by atoms with Crippen LogP contribution in [-0.2, 0) is 14.3 Å². The molecule has 0 atom stereocenters. The van der Waals surface area contributed by atoms with Crippen molar-refractivity contribution in [3.05, 3.63) is 29.8 Å². The molecule has 0 radical (unpaired) electrons. The third kappa shape index (κ3) is 4.22. The van der Waals surface area contributed by atoms with Crippen LogP contribution in [0.1, 0.15) is 12.8 Å². The van der Waals surface area contributed by atoms with Crippen molar-refractivity contribution in [2.75, 3.05) is 25.1 Å². The van der Waals surface area contributed by atoms with E-state index in [1.54, 1.807) is 0 Å². The molecule has 0 bridgehead atoms. The summed E-state index contributed by atoms with van der Waals surface area (Å²) >= 11 is 0. The van der Waals surface area contributed by atoms with Gasteiger partial charge in [-0.25, -0.2) is 8.78 Å². The average molecular weight is 314 g/mol. The number of benzene rings is 1. The fourth-order valence-corrected chi connectivity index (χ4v) is 2.02. The van der Waals surface area contributed by atoms with Crippen molar-refractivity contribution in [2.45, 2.75) is 18.4 Å². The molecule has 1 aromatic carbocycles. The fraction of sp³-hybridized carbons (Fsp3) is 0.429. The number of anilines is 1. The first-order valence-corrected chi connectivity index (χ1v) is 6.74. The number of hydrogen-bond acceptors (Lipinski definition) is 4. The van der Waals surface area contributed by atoms with Gasteiger partial charge in [-0.2, -0.15) is 0 Å². The molecule has 0 unspecified atom stereocenters. The average Bonchev–Trinajstić information content (AvgIpc) is 2.48. The lowest BCUT2D eigenvalue weighted by Crippen LogP contribution is -2.48. The molecule has 1 fully saturated rings. The number of halogens is 2. The first-order valence-electron chi connectivity index (χ1n) is 6.74. The van der Waals surface area contributed by atoms with Crippen molar-refractivity contribution in [1.82, 2.24) is 5.32 Å². The van der Waals surface area contributed by atoms with Crippen LogP contribution in [-0.4, -0.2) is 42.3 Å². The van der Waals surface area contributed by atoms with Crippen LogP contribution in [0.15, 0.2) is 18.2 Å². The molecule has 2 amide bonds. The van der Waals surface area contributed by atoms with Crippen LogP contribution in [0, 0.1) is 11.6 Å². The summed E-state index contributed by atoms with van der Waals surface area (Å²) in [6.07, 6.45) is 0.697. The Labute approximate surface area is 125 Å². The molecule has 0 aliphatic carbocycles. The van der Waals surface area contributed by atoms with Crippen LogP contribution in [0.4, 0.5) is 14.5 Å². The molecule has 1 aliphatic rings. The quantitative estimate of drug-likeness (QED) is 0.712. The van der Waals surface area contributed by atoms with Crippen LogP contribution >= 0.6 is 0 Å². The van der Waals surface area contributed by atoms with E-state index in [9.17, 15) is 23.5 Å². The molecule has 1 saturated heterocycles. The van der Waals surface area contributed by atoms with Crippen molar-refractivity contribution >= 4 is 17.5 Å². The van der Waals surface area contributed by atoms with Crippen LogP contribution in [0.3, 0.4) is 0 Å². The molecular weight excluding hydrogens is 298 g/mol. The summed E-state index contributed by atoms with van der Waals surface area (Å²) in [7, 11) is 0. The maximum absolute atomic E-state index is 13.4. The Morgan fingerprint density at radius 2 is 1.91 bits per heavy atom. The van der Waals surface area contributed by atoms with Gasteiger partial charge in [0.05, 0.1) is 11.3 Å². The van der Waals surface area contributed by atoms with Gasteiger partial charge in [-0.15, -0.1) is 0 Å². The molecule has 22 heavy (non-hydrogen) atoms. The van der Waals surface area contributed by atoms with E-state index in [0.717, 1.165) is 12.1 Å². The van der Waals surface area contributed by atoms with E-state index in [1.165, 1.54) is 0 Å². The van der Waals surface area contributed by atoms with Gasteiger partial charge in [0.25, 0.3) is 0 Å². The molecule has 1 aromatic rings. The van der Waals surface area contributed by atoms with Crippen LogP contribution < -0.4 is 10.6 Å². The number of nitrogens with one attached hydrogen (secondary N) is 2. The largest absolute Gasteiger partial charge is 0.388 e. The van der Waals surface area contributed by atoms with Gasteiger partial charge in [0.2, 0.25) is 0 Å². The molecule has 2 rings (SSSR count). The van der Waals surface area contributed by atoms with Gasteiger partial charge < -0.3 is 20.5 Å². The van der Waals surface area contributed by atoms with Crippen molar-refractivity contribution < 1.29 is 28.2 Å². The maximum Gasteiger partial charge on any atom is 0.313 e. The van der Waals surface area contributed by atoms with Crippen molar-refractivity contribution in [1.29, 1.82) is 0 Å². The highest BCUT2D eigenvalue weighted by atomic mass is 19.1. The number of carbonyl (C=O) groups is 2. The Bertz CT molecular complexity index is 574. The van der Waals surface area contributed by atoms with E-state index in [0.29, 0.717) is 32.1 Å². The number of hydrogen-bond donors (Lipinski definition) is 3. The van der Waals surface area contributed by atoms with E-state index in [2.05, 4.69) is 5.32 Å². The number of carbonyl (C=O) groups excluding carboxylic acids is 2. The number of ether oxygens (including phenoxy) is 1. The first-order chi connectivity index (χ1) is 10.4. The minimum absolute atomic E-state index is 0.103. The lowest BCUT2D eigenvalue weighted by molar-refractivity contribution is -0.137. The third-order valence-corrected chi connectivity index (χ3v) is 3.39. The lowest BCUT2D eigenvalue weighted by Gasteiger charge is -2.31. The van der Waals surface area contributed by atoms with E-state index in [-0.39, 0.29) is 12.2 Å². The van der Waals surface area contributed by atoms with Gasteiger partial charge >= 0.3 is 11.8 Å². The summed E-state index contributed by atoms with van der Waals surface area (Å²) in [5.74, 6) is -3.88. The molecule has 6 nitrogen and oxygen atoms in total. The topological polar surface area (TPSA) is 87.7 Å². The number of aliphatic hydroxyl groups is 1. The van der Waals surface area contributed by atoms with Crippen LogP contribution in [0.25, 0.3) is 0 Å². The summed E-state index contributed by atoms with van der Waals surface area (Å²) < 4.78 is 31.2. The second-order valence-corrected chi connectivity index (χ2v) is 5.10. The summed E-state index contributed by atoms with van der Waals surface area (Å²) in [5.41, 5.74) is -1.42. The standard InChI is InChI=1S/C14H16F2N2O4/c15-9-1-2-11(10(16)7-9)18-13(20)12(19)17-8-14(21)3-5-22-6-4-14/h1-2,7,21H,3-6,8H2,(H,17,19)(H,18,20). The molecular formula is C14H16F2N2O4.